The van der Waals surface area contributed by atoms with Crippen molar-refractivity contribution in [3.63, 3.8) is 0 Å². The number of carbonyl (C=O) groups excluding carboxylic acids is 1. The molecule has 1 aromatic heterocycles. The smallest absolute Gasteiger partial charge is 0.259 e. The number of aromatic nitrogens is 2. The van der Waals surface area contributed by atoms with E-state index in [4.69, 9.17) is 0 Å². The van der Waals surface area contributed by atoms with E-state index in [-0.39, 0.29) is 10.6 Å². The molecule has 1 aliphatic rings. The summed E-state index contributed by atoms with van der Waals surface area (Å²) < 4.78 is 42.8. The third-order valence-corrected chi connectivity index (χ3v) is 7.56. The van der Waals surface area contributed by atoms with Crippen LogP contribution >= 0.6 is 0 Å². The molecule has 0 unspecified atom stereocenters. The number of sulfonamides is 1. The monoisotopic (exact) mass is 456 g/mol. The first-order valence-corrected chi connectivity index (χ1v) is 12.0. The van der Waals surface area contributed by atoms with Gasteiger partial charge < -0.3 is 5.32 Å². The highest BCUT2D eigenvalue weighted by Gasteiger charge is 2.25. The number of hydrogen-bond acceptors (Lipinski definition) is 4. The van der Waals surface area contributed by atoms with Gasteiger partial charge in [-0.05, 0) is 56.2 Å². The number of carbonyl (C=O) groups is 1. The first-order valence-electron chi connectivity index (χ1n) is 10.6. The lowest BCUT2D eigenvalue weighted by atomic mass is 10.2. The van der Waals surface area contributed by atoms with Crippen molar-refractivity contribution in [1.29, 1.82) is 0 Å². The summed E-state index contributed by atoms with van der Waals surface area (Å²) in [5.41, 5.74) is 1.51. The summed E-state index contributed by atoms with van der Waals surface area (Å²) in [6, 6.07) is 12.3. The average molecular weight is 457 g/mol. The van der Waals surface area contributed by atoms with E-state index in [9.17, 15) is 17.6 Å². The van der Waals surface area contributed by atoms with E-state index >= 15 is 0 Å². The highest BCUT2D eigenvalue weighted by molar-refractivity contribution is 7.89. The summed E-state index contributed by atoms with van der Waals surface area (Å²) >= 11 is 0. The molecule has 2 heterocycles. The van der Waals surface area contributed by atoms with Gasteiger partial charge in [-0.15, -0.1) is 0 Å². The lowest BCUT2D eigenvalue weighted by molar-refractivity contribution is 0.102. The number of nitrogens with zero attached hydrogens (tertiary/aromatic N) is 3. The summed E-state index contributed by atoms with van der Waals surface area (Å²) in [7, 11) is -3.55. The zero-order valence-electron chi connectivity index (χ0n) is 17.8. The van der Waals surface area contributed by atoms with Crippen LogP contribution in [0, 0.1) is 12.7 Å². The largest absolute Gasteiger partial charge is 0.322 e. The number of amides is 1. The van der Waals surface area contributed by atoms with Gasteiger partial charge in [0.1, 0.15) is 11.5 Å². The van der Waals surface area contributed by atoms with E-state index in [1.165, 1.54) is 33.4 Å². The highest BCUT2D eigenvalue weighted by Crippen LogP contribution is 2.23. The first kappa shape index (κ1) is 22.2. The normalized spacial score (nSPS) is 15.3. The van der Waals surface area contributed by atoms with Gasteiger partial charge in [-0.25, -0.2) is 17.5 Å². The second-order valence-electron chi connectivity index (χ2n) is 7.80. The maximum atomic E-state index is 14.1. The molecule has 0 atom stereocenters. The molecule has 9 heteroatoms. The van der Waals surface area contributed by atoms with E-state index < -0.39 is 21.7 Å². The molecule has 0 saturated carbocycles. The van der Waals surface area contributed by atoms with Crippen molar-refractivity contribution in [2.75, 3.05) is 18.4 Å². The van der Waals surface area contributed by atoms with E-state index in [2.05, 4.69) is 10.4 Å². The number of benzene rings is 2. The molecule has 1 saturated heterocycles. The van der Waals surface area contributed by atoms with Gasteiger partial charge in [0.2, 0.25) is 10.0 Å². The quantitative estimate of drug-likeness (QED) is 0.626. The van der Waals surface area contributed by atoms with Crippen LogP contribution in [0.2, 0.25) is 0 Å². The molecular formula is C23H25FN4O3S. The number of para-hydroxylation sites is 1. The van der Waals surface area contributed by atoms with Crippen LogP contribution in [0.3, 0.4) is 0 Å². The second kappa shape index (κ2) is 9.22. The minimum absolute atomic E-state index is 0.209. The molecule has 3 aromatic rings. The molecule has 1 aliphatic heterocycles. The molecular weight excluding hydrogens is 431 g/mol. The van der Waals surface area contributed by atoms with Crippen LogP contribution in [0.5, 0.6) is 0 Å². The van der Waals surface area contributed by atoms with Crippen molar-refractivity contribution in [3.8, 4) is 5.69 Å². The number of hydrogen-bond donors (Lipinski definition) is 1. The summed E-state index contributed by atoms with van der Waals surface area (Å²) in [4.78, 5) is 13.0. The Balaban J connectivity index is 1.50. The van der Waals surface area contributed by atoms with Gasteiger partial charge in [0.15, 0.2) is 0 Å². The molecule has 1 fully saturated rings. The zero-order chi connectivity index (χ0) is 22.7. The van der Waals surface area contributed by atoms with Crippen LogP contribution in [0.15, 0.2) is 59.6 Å². The van der Waals surface area contributed by atoms with Gasteiger partial charge in [0.05, 0.1) is 22.3 Å². The number of nitrogens with one attached hydrogen (secondary N) is 1. The van der Waals surface area contributed by atoms with E-state index in [1.54, 1.807) is 37.3 Å². The Hall–Kier alpha value is -3.04. The number of anilines is 1. The summed E-state index contributed by atoms with van der Waals surface area (Å²) in [6.07, 6.45) is 5.21. The molecule has 0 bridgehead atoms. The van der Waals surface area contributed by atoms with Gasteiger partial charge in [-0.3, -0.25) is 4.79 Å². The molecule has 1 N–H and O–H groups in total. The van der Waals surface area contributed by atoms with Gasteiger partial charge in [-0.1, -0.05) is 25.0 Å². The summed E-state index contributed by atoms with van der Waals surface area (Å²) in [5, 5.41) is 6.90. The Morgan fingerprint density at radius 3 is 2.31 bits per heavy atom. The van der Waals surface area contributed by atoms with Crippen LogP contribution in [0.4, 0.5) is 10.1 Å². The predicted molar refractivity (Wildman–Crippen MR) is 120 cm³/mol. The van der Waals surface area contributed by atoms with E-state index in [0.717, 1.165) is 25.7 Å². The third-order valence-electron chi connectivity index (χ3n) is 5.65. The van der Waals surface area contributed by atoms with Crippen molar-refractivity contribution in [2.45, 2.75) is 37.5 Å². The fourth-order valence-electron chi connectivity index (χ4n) is 3.84. The van der Waals surface area contributed by atoms with Gasteiger partial charge >= 0.3 is 0 Å². The second-order valence-corrected chi connectivity index (χ2v) is 9.74. The third kappa shape index (κ3) is 4.44. The maximum absolute atomic E-state index is 14.1. The molecule has 32 heavy (non-hydrogen) atoms. The highest BCUT2D eigenvalue weighted by atomic mass is 32.2. The Bertz CT molecular complexity index is 1210. The molecule has 2 aromatic carbocycles. The van der Waals surface area contributed by atoms with Crippen LogP contribution in [0.25, 0.3) is 5.69 Å². The lowest BCUT2D eigenvalue weighted by Gasteiger charge is -2.20. The molecule has 7 nitrogen and oxygen atoms in total. The summed E-state index contributed by atoms with van der Waals surface area (Å²) in [5.74, 6) is -0.847. The Kier molecular flexibility index (Phi) is 6.38. The SMILES string of the molecule is Cc1c(C(=O)Nc2ccc(S(=O)(=O)N3CCCCCC3)cc2)cnn1-c1ccccc1F. The molecule has 0 radical (unpaired) electrons. The van der Waals surface area contributed by atoms with Gasteiger partial charge in [0, 0.05) is 18.8 Å². The number of rotatable bonds is 5. The van der Waals surface area contributed by atoms with Gasteiger partial charge in [-0.2, -0.15) is 9.40 Å². The Morgan fingerprint density at radius 1 is 1.00 bits per heavy atom. The topological polar surface area (TPSA) is 84.3 Å². The minimum Gasteiger partial charge on any atom is -0.322 e. The first-order chi connectivity index (χ1) is 15.4. The van der Waals surface area contributed by atoms with Crippen LogP contribution < -0.4 is 5.32 Å². The number of halogens is 1. The maximum Gasteiger partial charge on any atom is 0.259 e. The molecule has 1 amide bonds. The average Bonchev–Trinajstić information content (AvgIpc) is 2.98. The fraction of sp³-hybridized carbons (Fsp3) is 0.304. The van der Waals surface area contributed by atoms with Gasteiger partial charge in [0.25, 0.3) is 5.91 Å². The zero-order valence-corrected chi connectivity index (χ0v) is 18.6. The van der Waals surface area contributed by atoms with Crippen molar-refractivity contribution >= 4 is 21.6 Å². The standard InChI is InChI=1S/C23H25FN4O3S/c1-17-20(16-25-28(17)22-9-5-4-8-21(22)24)23(29)26-18-10-12-19(13-11-18)32(30,31)27-14-6-2-3-7-15-27/h4-5,8-13,16H,2-3,6-7,14-15H2,1H3,(H,26,29). The molecule has 0 spiro atoms. The summed E-state index contributed by atoms with van der Waals surface area (Å²) in [6.45, 7) is 2.75. The molecule has 4 rings (SSSR count). The van der Waals surface area contributed by atoms with Crippen molar-refractivity contribution in [1.82, 2.24) is 14.1 Å². The molecule has 168 valence electrons. The Morgan fingerprint density at radius 2 is 1.66 bits per heavy atom. The van der Waals surface area contributed by atoms with E-state index in [1.807, 2.05) is 0 Å². The van der Waals surface area contributed by atoms with Crippen molar-refractivity contribution < 1.29 is 17.6 Å². The predicted octanol–water partition coefficient (Wildman–Crippen LogP) is 4.14. The fourth-order valence-corrected chi connectivity index (χ4v) is 5.36. The lowest BCUT2D eigenvalue weighted by Crippen LogP contribution is -2.31. The van der Waals surface area contributed by atoms with Crippen molar-refractivity contribution in [3.05, 3.63) is 71.8 Å². The molecule has 0 aliphatic carbocycles. The Labute approximate surface area is 186 Å². The van der Waals surface area contributed by atoms with Crippen LogP contribution in [-0.4, -0.2) is 41.5 Å². The van der Waals surface area contributed by atoms with E-state index in [0.29, 0.717) is 30.0 Å². The van der Waals surface area contributed by atoms with Crippen LogP contribution in [0.1, 0.15) is 41.7 Å². The van der Waals surface area contributed by atoms with Crippen molar-refractivity contribution in [2.24, 2.45) is 0 Å². The van der Waals surface area contributed by atoms with Crippen LogP contribution in [-0.2, 0) is 10.0 Å². The minimum atomic E-state index is -3.55.